The van der Waals surface area contributed by atoms with Gasteiger partial charge < -0.3 is 4.74 Å². The van der Waals surface area contributed by atoms with Gasteiger partial charge in [-0.25, -0.2) is 9.18 Å². The van der Waals surface area contributed by atoms with Gasteiger partial charge in [0.25, 0.3) is 10.1 Å². The number of halogens is 2. The Morgan fingerprint density at radius 2 is 2.05 bits per heavy atom. The number of hydrogen-bond acceptors (Lipinski definition) is 4. The van der Waals surface area contributed by atoms with E-state index >= 15 is 0 Å². The van der Waals surface area contributed by atoms with E-state index in [4.69, 9.17) is 9.29 Å². The highest BCUT2D eigenvalue weighted by Crippen LogP contribution is 2.24. The predicted molar refractivity (Wildman–Crippen MR) is 70.3 cm³/mol. The number of cyclic esters (lactones) is 1. The molecule has 0 bridgehead atoms. The molecular formula is C10H11BrFNO5S. The molecule has 1 aromatic carbocycles. The third kappa shape index (κ3) is 5.53. The van der Waals surface area contributed by atoms with Crippen molar-refractivity contribution in [2.45, 2.75) is 0 Å². The van der Waals surface area contributed by atoms with Crippen molar-refractivity contribution in [3.8, 4) is 0 Å². The normalized spacial score (nSPS) is 14.7. The number of amides is 1. The van der Waals surface area contributed by atoms with Gasteiger partial charge in [0.15, 0.2) is 0 Å². The number of benzene rings is 1. The van der Waals surface area contributed by atoms with E-state index in [1.807, 2.05) is 0 Å². The number of hydrogen-bond donors (Lipinski definition) is 1. The van der Waals surface area contributed by atoms with Crippen molar-refractivity contribution >= 4 is 37.8 Å². The largest absolute Gasteiger partial charge is 0.447 e. The summed E-state index contributed by atoms with van der Waals surface area (Å²) in [6.45, 7) is 0.830. The van der Waals surface area contributed by atoms with Crippen LogP contribution in [-0.2, 0) is 14.9 Å². The van der Waals surface area contributed by atoms with Crippen molar-refractivity contribution in [1.82, 2.24) is 0 Å². The highest BCUT2D eigenvalue weighted by Gasteiger charge is 2.23. The van der Waals surface area contributed by atoms with Crippen LogP contribution in [0.3, 0.4) is 0 Å². The van der Waals surface area contributed by atoms with Crippen LogP contribution >= 0.6 is 15.9 Å². The fourth-order valence-corrected chi connectivity index (χ4v) is 1.53. The Balaban J connectivity index is 0.000000312. The van der Waals surface area contributed by atoms with E-state index in [9.17, 15) is 17.6 Å². The fraction of sp³-hybridized carbons (Fsp3) is 0.300. The van der Waals surface area contributed by atoms with Crippen LogP contribution < -0.4 is 4.90 Å². The summed E-state index contributed by atoms with van der Waals surface area (Å²) < 4.78 is 44.1. The molecule has 2 rings (SSSR count). The molecule has 9 heteroatoms. The fourth-order valence-electron chi connectivity index (χ4n) is 1.28. The van der Waals surface area contributed by atoms with Crippen molar-refractivity contribution in [2.24, 2.45) is 0 Å². The third-order valence-corrected chi connectivity index (χ3v) is 2.62. The minimum absolute atomic E-state index is 0.358. The predicted octanol–water partition coefficient (Wildman–Crippen LogP) is 2.05. The summed E-state index contributed by atoms with van der Waals surface area (Å²) in [5, 5.41) is 0. The first-order valence-corrected chi connectivity index (χ1v) is 7.64. The van der Waals surface area contributed by atoms with Crippen LogP contribution in [0.4, 0.5) is 14.9 Å². The van der Waals surface area contributed by atoms with E-state index in [1.54, 1.807) is 12.1 Å². The average Bonchev–Trinajstić information content (AvgIpc) is 2.66. The smallest absolute Gasteiger partial charge is 0.414 e. The summed E-state index contributed by atoms with van der Waals surface area (Å²) in [6.07, 6.45) is 0.291. The molecule has 19 heavy (non-hydrogen) atoms. The zero-order valence-corrected chi connectivity index (χ0v) is 12.2. The van der Waals surface area contributed by atoms with Gasteiger partial charge in [0, 0.05) is 0 Å². The van der Waals surface area contributed by atoms with Gasteiger partial charge in [0.1, 0.15) is 12.4 Å². The van der Waals surface area contributed by atoms with E-state index in [-0.39, 0.29) is 5.82 Å². The molecular weight excluding hydrogens is 345 g/mol. The number of ether oxygens (including phenoxy) is 1. The topological polar surface area (TPSA) is 83.9 Å². The Kier molecular flexibility index (Phi) is 5.27. The van der Waals surface area contributed by atoms with Crippen LogP contribution in [0.1, 0.15) is 0 Å². The van der Waals surface area contributed by atoms with Gasteiger partial charge in [0.05, 0.1) is 23.0 Å². The maximum absolute atomic E-state index is 13.1. The summed E-state index contributed by atoms with van der Waals surface area (Å²) in [4.78, 5) is 12.5. The lowest BCUT2D eigenvalue weighted by Gasteiger charge is -2.12. The number of rotatable bonds is 1. The van der Waals surface area contributed by atoms with Crippen LogP contribution in [0.2, 0.25) is 0 Å². The SMILES string of the molecule is CS(=O)(=O)O.O=C1OCCN1c1ccc(Br)c(F)c1. The van der Waals surface area contributed by atoms with Crippen LogP contribution in [0.15, 0.2) is 22.7 Å². The van der Waals surface area contributed by atoms with Crippen molar-refractivity contribution in [3.63, 3.8) is 0 Å². The first-order valence-electron chi connectivity index (χ1n) is 5.00. The third-order valence-electron chi connectivity index (χ3n) is 1.98. The van der Waals surface area contributed by atoms with E-state index in [2.05, 4.69) is 15.9 Å². The van der Waals surface area contributed by atoms with Gasteiger partial charge in [0.2, 0.25) is 0 Å². The summed E-state index contributed by atoms with van der Waals surface area (Å²) in [5.41, 5.74) is 0.521. The second-order valence-corrected chi connectivity index (χ2v) is 5.92. The van der Waals surface area contributed by atoms with Crippen molar-refractivity contribution in [2.75, 3.05) is 24.3 Å². The van der Waals surface area contributed by atoms with E-state index in [0.717, 1.165) is 0 Å². The highest BCUT2D eigenvalue weighted by atomic mass is 79.9. The lowest BCUT2D eigenvalue weighted by molar-refractivity contribution is 0.181. The number of anilines is 1. The minimum Gasteiger partial charge on any atom is -0.447 e. The van der Waals surface area contributed by atoms with Crippen LogP contribution in [0.25, 0.3) is 0 Å². The quantitative estimate of drug-likeness (QED) is 0.779. The monoisotopic (exact) mass is 355 g/mol. The van der Waals surface area contributed by atoms with Gasteiger partial charge in [-0.1, -0.05) is 0 Å². The number of carbonyl (C=O) groups excluding carboxylic acids is 1. The van der Waals surface area contributed by atoms with Crippen molar-refractivity contribution in [1.29, 1.82) is 0 Å². The van der Waals surface area contributed by atoms with E-state index in [0.29, 0.717) is 29.6 Å². The Morgan fingerprint density at radius 1 is 1.47 bits per heavy atom. The lowest BCUT2D eigenvalue weighted by atomic mass is 10.3. The van der Waals surface area contributed by atoms with Crippen LogP contribution in [0, 0.1) is 5.82 Å². The van der Waals surface area contributed by atoms with Gasteiger partial charge in [-0.15, -0.1) is 0 Å². The molecule has 0 aromatic heterocycles. The second-order valence-electron chi connectivity index (χ2n) is 3.60. The summed E-state index contributed by atoms with van der Waals surface area (Å²) >= 11 is 3.04. The molecule has 1 amide bonds. The summed E-state index contributed by atoms with van der Waals surface area (Å²) in [6, 6.07) is 4.53. The van der Waals surface area contributed by atoms with Gasteiger partial charge in [-0.05, 0) is 34.1 Å². The lowest BCUT2D eigenvalue weighted by Crippen LogP contribution is -2.23. The van der Waals surface area contributed by atoms with Gasteiger partial charge in [-0.2, -0.15) is 8.42 Å². The Bertz CT molecular complexity index is 569. The Morgan fingerprint density at radius 3 is 2.47 bits per heavy atom. The van der Waals surface area contributed by atoms with Crippen LogP contribution in [0.5, 0.6) is 0 Å². The second kappa shape index (κ2) is 6.31. The average molecular weight is 356 g/mol. The molecule has 1 N–H and O–H groups in total. The summed E-state index contributed by atoms with van der Waals surface area (Å²) in [7, 11) is -3.67. The Labute approximate surface area is 118 Å². The van der Waals surface area contributed by atoms with Gasteiger partial charge >= 0.3 is 6.09 Å². The van der Waals surface area contributed by atoms with E-state index in [1.165, 1.54) is 11.0 Å². The van der Waals surface area contributed by atoms with Gasteiger partial charge in [-0.3, -0.25) is 9.45 Å². The molecule has 0 aliphatic carbocycles. The highest BCUT2D eigenvalue weighted by molar-refractivity contribution is 9.10. The molecule has 106 valence electrons. The Hall–Kier alpha value is -1.19. The first-order chi connectivity index (χ1) is 8.68. The van der Waals surface area contributed by atoms with Crippen molar-refractivity contribution < 1.29 is 26.9 Å². The number of carbonyl (C=O) groups is 1. The molecule has 0 saturated carbocycles. The molecule has 1 fully saturated rings. The summed E-state index contributed by atoms with van der Waals surface area (Å²) in [5.74, 6) is -0.387. The van der Waals surface area contributed by atoms with Crippen LogP contribution in [-0.4, -0.2) is 38.5 Å². The standard InChI is InChI=1S/C9H7BrFNO2.CH4O3S/c10-7-2-1-6(5-8(7)11)12-3-4-14-9(12)13;1-5(2,3)4/h1-2,5H,3-4H2;1H3,(H,2,3,4). The first kappa shape index (κ1) is 15.9. The maximum atomic E-state index is 13.1. The molecule has 0 atom stereocenters. The zero-order valence-electron chi connectivity index (χ0n) is 9.84. The zero-order chi connectivity index (χ0) is 14.6. The molecule has 6 nitrogen and oxygen atoms in total. The number of nitrogens with zero attached hydrogens (tertiary/aromatic N) is 1. The van der Waals surface area contributed by atoms with Crippen molar-refractivity contribution in [3.05, 3.63) is 28.5 Å². The molecule has 1 aliphatic heterocycles. The molecule has 1 saturated heterocycles. The molecule has 1 aliphatic rings. The minimum atomic E-state index is -3.67. The molecule has 1 aromatic rings. The maximum Gasteiger partial charge on any atom is 0.414 e. The molecule has 1 heterocycles. The van der Waals surface area contributed by atoms with E-state index < -0.39 is 16.2 Å². The molecule has 0 radical (unpaired) electrons. The molecule has 0 unspecified atom stereocenters. The molecule has 0 spiro atoms.